The van der Waals surface area contributed by atoms with Gasteiger partial charge in [0.15, 0.2) is 5.96 Å². The minimum Gasteiger partial charge on any atom is -0.377 e. The molecule has 0 fully saturated rings. The van der Waals surface area contributed by atoms with Crippen LogP contribution in [0.1, 0.15) is 44.7 Å². The van der Waals surface area contributed by atoms with E-state index in [-0.39, 0.29) is 0 Å². The third-order valence-corrected chi connectivity index (χ3v) is 3.17. The first-order chi connectivity index (χ1) is 10.1. The minimum absolute atomic E-state index is 0.514. The fraction of sp³-hybridized carbons (Fsp3) is 0.588. The molecule has 0 aliphatic carbocycles. The molecule has 0 aromatic heterocycles. The van der Waals surface area contributed by atoms with Gasteiger partial charge in [-0.05, 0) is 29.9 Å². The fourth-order valence-electron chi connectivity index (χ4n) is 1.89. The number of ether oxygens (including phenoxy) is 1. The Morgan fingerprint density at radius 2 is 2.00 bits per heavy atom. The van der Waals surface area contributed by atoms with Crippen molar-refractivity contribution in [3.8, 4) is 0 Å². The first kappa shape index (κ1) is 17.5. The van der Waals surface area contributed by atoms with Crippen LogP contribution in [0.2, 0.25) is 0 Å². The van der Waals surface area contributed by atoms with E-state index in [1.54, 1.807) is 0 Å². The zero-order valence-corrected chi connectivity index (χ0v) is 13.6. The van der Waals surface area contributed by atoms with E-state index in [1.165, 1.54) is 11.1 Å². The van der Waals surface area contributed by atoms with Gasteiger partial charge >= 0.3 is 0 Å². The van der Waals surface area contributed by atoms with Gasteiger partial charge in [0.05, 0.1) is 13.2 Å². The Bertz CT molecular complexity index is 430. The van der Waals surface area contributed by atoms with E-state index >= 15 is 0 Å². The minimum atomic E-state index is 0.514. The van der Waals surface area contributed by atoms with Crippen LogP contribution in [0.25, 0.3) is 0 Å². The SMILES string of the molecule is CCCOCc1ccccc1CN=C(N)NCCC(C)C. The third-order valence-electron chi connectivity index (χ3n) is 3.17. The summed E-state index contributed by atoms with van der Waals surface area (Å²) in [4.78, 5) is 4.41. The molecule has 0 amide bonds. The topological polar surface area (TPSA) is 59.6 Å². The van der Waals surface area contributed by atoms with Crippen LogP contribution in [-0.4, -0.2) is 19.1 Å². The first-order valence-corrected chi connectivity index (χ1v) is 7.81. The second-order valence-corrected chi connectivity index (χ2v) is 5.63. The van der Waals surface area contributed by atoms with Crippen molar-refractivity contribution in [2.75, 3.05) is 13.2 Å². The van der Waals surface area contributed by atoms with E-state index in [4.69, 9.17) is 10.5 Å². The van der Waals surface area contributed by atoms with Gasteiger partial charge in [0.2, 0.25) is 0 Å². The zero-order valence-electron chi connectivity index (χ0n) is 13.6. The molecule has 0 saturated carbocycles. The molecule has 1 rings (SSSR count). The van der Waals surface area contributed by atoms with E-state index < -0.39 is 0 Å². The maximum Gasteiger partial charge on any atom is 0.188 e. The van der Waals surface area contributed by atoms with E-state index in [0.29, 0.717) is 25.0 Å². The molecule has 0 aliphatic heterocycles. The number of nitrogens with one attached hydrogen (secondary N) is 1. The molecular formula is C17H29N3O. The monoisotopic (exact) mass is 291 g/mol. The second kappa shape index (κ2) is 10.2. The highest BCUT2D eigenvalue weighted by Crippen LogP contribution is 2.11. The van der Waals surface area contributed by atoms with Crippen LogP contribution in [0, 0.1) is 5.92 Å². The Morgan fingerprint density at radius 1 is 1.29 bits per heavy atom. The number of guanidine groups is 1. The van der Waals surface area contributed by atoms with Crippen molar-refractivity contribution in [2.45, 2.75) is 46.8 Å². The predicted octanol–water partition coefficient (Wildman–Crippen LogP) is 3.06. The van der Waals surface area contributed by atoms with Crippen molar-refractivity contribution in [3.05, 3.63) is 35.4 Å². The first-order valence-electron chi connectivity index (χ1n) is 7.81. The second-order valence-electron chi connectivity index (χ2n) is 5.63. The lowest BCUT2D eigenvalue weighted by Gasteiger charge is -2.10. The van der Waals surface area contributed by atoms with Crippen LogP contribution in [0.15, 0.2) is 29.3 Å². The molecule has 0 spiro atoms. The maximum absolute atomic E-state index is 5.89. The maximum atomic E-state index is 5.89. The van der Waals surface area contributed by atoms with Gasteiger partial charge in [-0.2, -0.15) is 0 Å². The van der Waals surface area contributed by atoms with E-state index in [1.807, 2.05) is 12.1 Å². The molecule has 0 atom stereocenters. The molecule has 1 aromatic carbocycles. The molecule has 0 radical (unpaired) electrons. The third kappa shape index (κ3) is 7.71. The summed E-state index contributed by atoms with van der Waals surface area (Å²) in [5.41, 5.74) is 8.24. The highest BCUT2D eigenvalue weighted by molar-refractivity contribution is 5.77. The van der Waals surface area contributed by atoms with E-state index in [9.17, 15) is 0 Å². The summed E-state index contributed by atoms with van der Waals surface area (Å²) in [6.07, 6.45) is 2.13. The molecule has 4 heteroatoms. The van der Waals surface area contributed by atoms with Crippen molar-refractivity contribution < 1.29 is 4.74 Å². The van der Waals surface area contributed by atoms with Crippen LogP contribution in [0.4, 0.5) is 0 Å². The highest BCUT2D eigenvalue weighted by atomic mass is 16.5. The van der Waals surface area contributed by atoms with Gasteiger partial charge in [-0.25, -0.2) is 4.99 Å². The Morgan fingerprint density at radius 3 is 2.67 bits per heavy atom. The van der Waals surface area contributed by atoms with Crippen LogP contribution in [0.5, 0.6) is 0 Å². The fourth-order valence-corrected chi connectivity index (χ4v) is 1.89. The molecule has 0 aliphatic rings. The van der Waals surface area contributed by atoms with Gasteiger partial charge in [-0.1, -0.05) is 45.0 Å². The predicted molar refractivity (Wildman–Crippen MR) is 89.2 cm³/mol. The average Bonchev–Trinajstić information content (AvgIpc) is 2.46. The van der Waals surface area contributed by atoms with Crippen molar-refractivity contribution in [1.82, 2.24) is 5.32 Å². The van der Waals surface area contributed by atoms with Crippen molar-refractivity contribution in [2.24, 2.45) is 16.6 Å². The van der Waals surface area contributed by atoms with Crippen LogP contribution in [0.3, 0.4) is 0 Å². The van der Waals surface area contributed by atoms with Crippen LogP contribution >= 0.6 is 0 Å². The van der Waals surface area contributed by atoms with Gasteiger partial charge < -0.3 is 15.8 Å². The van der Waals surface area contributed by atoms with Gasteiger partial charge in [0.25, 0.3) is 0 Å². The summed E-state index contributed by atoms with van der Waals surface area (Å²) in [5.74, 6) is 1.18. The molecular weight excluding hydrogens is 262 g/mol. The number of nitrogens with two attached hydrogens (primary N) is 1. The lowest BCUT2D eigenvalue weighted by Crippen LogP contribution is -2.32. The number of rotatable bonds is 9. The summed E-state index contributed by atoms with van der Waals surface area (Å²) in [7, 11) is 0. The van der Waals surface area contributed by atoms with Crippen LogP contribution < -0.4 is 11.1 Å². The quantitative estimate of drug-likeness (QED) is 0.417. The molecule has 1 aromatic rings. The van der Waals surface area contributed by atoms with E-state index in [2.05, 4.69) is 43.2 Å². The number of nitrogens with zero attached hydrogens (tertiary/aromatic N) is 1. The lowest BCUT2D eigenvalue weighted by atomic mass is 10.1. The molecule has 118 valence electrons. The molecule has 0 unspecified atom stereocenters. The largest absolute Gasteiger partial charge is 0.377 e. The lowest BCUT2D eigenvalue weighted by molar-refractivity contribution is 0.121. The molecule has 3 N–H and O–H groups in total. The summed E-state index contributed by atoms with van der Waals surface area (Å²) >= 11 is 0. The number of aliphatic imine (C=N–C) groups is 1. The van der Waals surface area contributed by atoms with Gasteiger partial charge in [-0.3, -0.25) is 0 Å². The Kier molecular flexibility index (Phi) is 8.51. The summed E-state index contributed by atoms with van der Waals surface area (Å²) in [5, 5.41) is 3.15. The molecule has 0 bridgehead atoms. The van der Waals surface area contributed by atoms with Crippen molar-refractivity contribution >= 4 is 5.96 Å². The molecule has 0 saturated heterocycles. The standard InChI is InChI=1S/C17H29N3O/c1-4-11-21-13-16-8-6-5-7-15(16)12-20-17(18)19-10-9-14(2)3/h5-8,14H,4,9-13H2,1-3H3,(H3,18,19,20). The van der Waals surface area contributed by atoms with Crippen LogP contribution in [-0.2, 0) is 17.9 Å². The molecule has 4 nitrogen and oxygen atoms in total. The zero-order chi connectivity index (χ0) is 15.5. The number of hydrogen-bond donors (Lipinski definition) is 2. The van der Waals surface area contributed by atoms with E-state index in [0.717, 1.165) is 26.0 Å². The normalized spacial score (nSPS) is 11.9. The Balaban J connectivity index is 2.49. The van der Waals surface area contributed by atoms with Gasteiger partial charge in [0.1, 0.15) is 0 Å². The summed E-state index contributed by atoms with van der Waals surface area (Å²) in [6, 6.07) is 8.22. The Labute approximate surface area is 128 Å². The number of benzene rings is 1. The van der Waals surface area contributed by atoms with Crippen molar-refractivity contribution in [1.29, 1.82) is 0 Å². The Hall–Kier alpha value is -1.55. The summed E-state index contributed by atoms with van der Waals surface area (Å²) < 4.78 is 5.61. The average molecular weight is 291 g/mol. The summed E-state index contributed by atoms with van der Waals surface area (Å²) in [6.45, 7) is 9.39. The number of hydrogen-bond acceptors (Lipinski definition) is 2. The van der Waals surface area contributed by atoms with Gasteiger partial charge in [-0.15, -0.1) is 0 Å². The van der Waals surface area contributed by atoms with Gasteiger partial charge in [0, 0.05) is 13.2 Å². The van der Waals surface area contributed by atoms with Crippen molar-refractivity contribution in [3.63, 3.8) is 0 Å². The smallest absolute Gasteiger partial charge is 0.188 e. The highest BCUT2D eigenvalue weighted by Gasteiger charge is 2.02. The molecule has 0 heterocycles. The molecule has 21 heavy (non-hydrogen) atoms.